The van der Waals surface area contributed by atoms with Gasteiger partial charge < -0.3 is 15.0 Å². The van der Waals surface area contributed by atoms with Crippen molar-refractivity contribution in [2.24, 2.45) is 10.9 Å². The molecule has 1 saturated heterocycles. The van der Waals surface area contributed by atoms with E-state index in [0.29, 0.717) is 17.4 Å². The van der Waals surface area contributed by atoms with Crippen LogP contribution in [0.15, 0.2) is 34.2 Å². The van der Waals surface area contributed by atoms with Crippen LogP contribution in [0.1, 0.15) is 18.9 Å². The first-order valence-corrected chi connectivity index (χ1v) is 10.4. The van der Waals surface area contributed by atoms with Crippen molar-refractivity contribution in [3.63, 3.8) is 0 Å². The second kappa shape index (κ2) is 9.34. The molecule has 1 heterocycles. The number of hydrogen-bond acceptors (Lipinski definition) is 4. The minimum Gasteiger partial charge on any atom is -0.384 e. The van der Waals surface area contributed by atoms with Crippen LogP contribution in [-0.2, 0) is 21.3 Å². The fourth-order valence-electron chi connectivity index (χ4n) is 2.97. The van der Waals surface area contributed by atoms with Crippen LogP contribution in [0.4, 0.5) is 0 Å². The van der Waals surface area contributed by atoms with Gasteiger partial charge in [-0.1, -0.05) is 12.1 Å². The molecule has 26 heavy (non-hydrogen) atoms. The van der Waals surface area contributed by atoms with Gasteiger partial charge in [0, 0.05) is 46.8 Å². The molecular weight excluding hydrogens is 352 g/mol. The van der Waals surface area contributed by atoms with Gasteiger partial charge in [-0.25, -0.2) is 17.7 Å². The molecule has 1 fully saturated rings. The zero-order valence-corrected chi connectivity index (χ0v) is 16.9. The molecule has 1 aliphatic rings. The Hall–Kier alpha value is -1.64. The molecule has 0 aromatic heterocycles. The third-order valence-corrected chi connectivity index (χ3v) is 6.27. The zero-order chi connectivity index (χ0) is 19.2. The monoisotopic (exact) mass is 382 g/mol. The van der Waals surface area contributed by atoms with Crippen molar-refractivity contribution in [2.75, 3.05) is 47.4 Å². The molecule has 0 saturated carbocycles. The molecule has 0 aliphatic carbocycles. The molecule has 0 radical (unpaired) electrons. The summed E-state index contributed by atoms with van der Waals surface area (Å²) in [6.45, 7) is 6.07. The number of guanidine groups is 1. The molecule has 146 valence electrons. The van der Waals surface area contributed by atoms with Crippen LogP contribution in [0, 0.1) is 5.92 Å². The molecule has 1 unspecified atom stereocenters. The molecule has 2 rings (SSSR count). The number of sulfonamides is 1. The lowest BCUT2D eigenvalue weighted by Crippen LogP contribution is -2.40. The summed E-state index contributed by atoms with van der Waals surface area (Å²) in [7, 11) is 1.41. The van der Waals surface area contributed by atoms with Gasteiger partial charge in [0.15, 0.2) is 5.96 Å². The Balaban J connectivity index is 2.05. The van der Waals surface area contributed by atoms with E-state index < -0.39 is 10.0 Å². The molecular formula is C18H30N4O3S. The van der Waals surface area contributed by atoms with Crippen LogP contribution in [0.5, 0.6) is 0 Å². The van der Waals surface area contributed by atoms with Crippen LogP contribution in [-0.4, -0.2) is 71.0 Å². The molecule has 0 amide bonds. The Kier molecular flexibility index (Phi) is 7.43. The normalized spacial score (nSPS) is 18.6. The molecule has 1 atom stereocenters. The number of likely N-dealkylation sites (tertiary alicyclic amines) is 1. The Bertz CT molecular complexity index is 702. The van der Waals surface area contributed by atoms with Crippen LogP contribution in [0.2, 0.25) is 0 Å². The van der Waals surface area contributed by atoms with Gasteiger partial charge in [0.1, 0.15) is 0 Å². The number of hydrogen-bond donors (Lipinski definition) is 1. The minimum atomic E-state index is -3.39. The molecule has 8 heteroatoms. The summed E-state index contributed by atoms with van der Waals surface area (Å²) in [4.78, 5) is 7.28. The standard InChI is InChI=1S/C18H30N4O3S/c1-5-19-18(22-11-10-16(13-22)14-25-4)20-12-15-6-8-17(9-7-15)26(23,24)21(2)3/h6-9,16H,5,10-14H2,1-4H3,(H,19,20). The Morgan fingerprint density at radius 2 is 2.04 bits per heavy atom. The largest absolute Gasteiger partial charge is 0.384 e. The maximum absolute atomic E-state index is 12.1. The van der Waals surface area contributed by atoms with Gasteiger partial charge in [0.25, 0.3) is 0 Å². The second-order valence-electron chi connectivity index (χ2n) is 6.66. The van der Waals surface area contributed by atoms with Crippen molar-refractivity contribution in [3.05, 3.63) is 29.8 Å². The molecule has 1 aromatic rings. The SMILES string of the molecule is CCNC(=NCc1ccc(S(=O)(=O)N(C)C)cc1)N1CCC(COC)C1. The average Bonchev–Trinajstić information content (AvgIpc) is 3.07. The van der Waals surface area contributed by atoms with Crippen LogP contribution in [0.3, 0.4) is 0 Å². The average molecular weight is 383 g/mol. The molecule has 0 bridgehead atoms. The van der Waals surface area contributed by atoms with Crippen molar-refractivity contribution in [2.45, 2.75) is 24.8 Å². The second-order valence-corrected chi connectivity index (χ2v) is 8.81. The van der Waals surface area contributed by atoms with Gasteiger partial charge in [-0.2, -0.15) is 0 Å². The maximum Gasteiger partial charge on any atom is 0.242 e. The van der Waals surface area contributed by atoms with Crippen LogP contribution < -0.4 is 5.32 Å². The van der Waals surface area contributed by atoms with Crippen LogP contribution in [0.25, 0.3) is 0 Å². The van der Waals surface area contributed by atoms with Crippen molar-refractivity contribution in [3.8, 4) is 0 Å². The predicted molar refractivity (Wildman–Crippen MR) is 104 cm³/mol. The third kappa shape index (κ3) is 5.18. The highest BCUT2D eigenvalue weighted by atomic mass is 32.2. The summed E-state index contributed by atoms with van der Waals surface area (Å²) < 4.78 is 30.7. The van der Waals surface area contributed by atoms with E-state index in [1.54, 1.807) is 19.2 Å². The Morgan fingerprint density at radius 3 is 2.62 bits per heavy atom. The van der Waals surface area contributed by atoms with E-state index in [1.165, 1.54) is 18.4 Å². The first kappa shape index (κ1) is 20.7. The molecule has 1 aromatic carbocycles. The number of ether oxygens (including phenoxy) is 1. The Morgan fingerprint density at radius 1 is 1.35 bits per heavy atom. The van der Waals surface area contributed by atoms with Gasteiger partial charge >= 0.3 is 0 Å². The number of methoxy groups -OCH3 is 1. The predicted octanol–water partition coefficient (Wildman–Crippen LogP) is 1.37. The maximum atomic E-state index is 12.1. The lowest BCUT2D eigenvalue weighted by atomic mass is 10.1. The number of aliphatic imine (C=N–C) groups is 1. The van der Waals surface area contributed by atoms with E-state index in [0.717, 1.165) is 44.2 Å². The molecule has 7 nitrogen and oxygen atoms in total. The summed E-state index contributed by atoms with van der Waals surface area (Å²) in [5, 5.41) is 3.34. The number of benzene rings is 1. The summed E-state index contributed by atoms with van der Waals surface area (Å²) in [6, 6.07) is 6.91. The zero-order valence-electron chi connectivity index (χ0n) is 16.1. The quantitative estimate of drug-likeness (QED) is 0.570. The Labute approximate surface area is 157 Å². The molecule has 1 aliphatic heterocycles. The minimum absolute atomic E-state index is 0.295. The smallest absolute Gasteiger partial charge is 0.242 e. The van der Waals surface area contributed by atoms with Crippen LogP contribution >= 0.6 is 0 Å². The summed E-state index contributed by atoms with van der Waals surface area (Å²) in [5.41, 5.74) is 0.978. The first-order chi connectivity index (χ1) is 12.4. The number of nitrogens with one attached hydrogen (secondary N) is 1. The van der Waals surface area contributed by atoms with E-state index in [4.69, 9.17) is 9.73 Å². The van der Waals surface area contributed by atoms with Gasteiger partial charge in [-0.05, 0) is 31.0 Å². The van der Waals surface area contributed by atoms with E-state index in [1.807, 2.05) is 12.1 Å². The van der Waals surface area contributed by atoms with Gasteiger partial charge in [0.2, 0.25) is 10.0 Å². The lowest BCUT2D eigenvalue weighted by molar-refractivity contribution is 0.157. The van der Waals surface area contributed by atoms with E-state index in [9.17, 15) is 8.42 Å². The highest BCUT2D eigenvalue weighted by Crippen LogP contribution is 2.17. The van der Waals surface area contributed by atoms with Crippen molar-refractivity contribution in [1.82, 2.24) is 14.5 Å². The fraction of sp³-hybridized carbons (Fsp3) is 0.611. The summed E-state index contributed by atoms with van der Waals surface area (Å²) >= 11 is 0. The summed E-state index contributed by atoms with van der Waals surface area (Å²) in [6.07, 6.45) is 1.11. The van der Waals surface area contributed by atoms with Gasteiger partial charge in [-0.15, -0.1) is 0 Å². The number of nitrogens with zero attached hydrogens (tertiary/aromatic N) is 3. The molecule has 0 spiro atoms. The van der Waals surface area contributed by atoms with Crippen molar-refractivity contribution >= 4 is 16.0 Å². The van der Waals surface area contributed by atoms with Crippen molar-refractivity contribution in [1.29, 1.82) is 0 Å². The first-order valence-electron chi connectivity index (χ1n) is 8.92. The van der Waals surface area contributed by atoms with Gasteiger partial charge in [0.05, 0.1) is 18.0 Å². The van der Waals surface area contributed by atoms with Crippen molar-refractivity contribution < 1.29 is 13.2 Å². The van der Waals surface area contributed by atoms with E-state index >= 15 is 0 Å². The molecule has 1 N–H and O–H groups in total. The van der Waals surface area contributed by atoms with E-state index in [2.05, 4.69) is 17.1 Å². The van der Waals surface area contributed by atoms with E-state index in [-0.39, 0.29) is 0 Å². The third-order valence-electron chi connectivity index (χ3n) is 4.44. The highest BCUT2D eigenvalue weighted by molar-refractivity contribution is 7.89. The number of rotatable bonds is 7. The summed E-state index contributed by atoms with van der Waals surface area (Å²) in [5.74, 6) is 1.44. The highest BCUT2D eigenvalue weighted by Gasteiger charge is 2.24. The fourth-order valence-corrected chi connectivity index (χ4v) is 3.87. The van der Waals surface area contributed by atoms with Gasteiger partial charge in [-0.3, -0.25) is 0 Å². The topological polar surface area (TPSA) is 74.2 Å². The lowest BCUT2D eigenvalue weighted by Gasteiger charge is -2.21.